The van der Waals surface area contributed by atoms with E-state index in [0.29, 0.717) is 22.7 Å². The van der Waals surface area contributed by atoms with Crippen molar-refractivity contribution in [2.24, 2.45) is 0 Å². The lowest BCUT2D eigenvalue weighted by Crippen LogP contribution is -2.19. The molecule has 0 saturated carbocycles. The first kappa shape index (κ1) is 17.3. The van der Waals surface area contributed by atoms with Crippen LogP contribution < -0.4 is 15.4 Å². The quantitative estimate of drug-likeness (QED) is 0.707. The second-order valence-corrected chi connectivity index (χ2v) is 4.75. The fraction of sp³-hybridized carbons (Fsp3) is 0.176. The van der Waals surface area contributed by atoms with Crippen LogP contribution in [0.4, 0.5) is 16.2 Å². The van der Waals surface area contributed by atoms with Crippen molar-refractivity contribution in [1.29, 1.82) is 0 Å². The summed E-state index contributed by atoms with van der Waals surface area (Å²) in [7, 11) is 1.31. The van der Waals surface area contributed by atoms with Crippen LogP contribution in [0.25, 0.3) is 0 Å². The van der Waals surface area contributed by atoms with Gasteiger partial charge in [0, 0.05) is 17.4 Å². The topological polar surface area (TPSA) is 96.9 Å². The maximum Gasteiger partial charge on any atom is 0.337 e. The highest BCUT2D eigenvalue weighted by molar-refractivity contribution is 6.00. The molecule has 0 aliphatic rings. The number of carbonyl (C=O) groups excluding carboxylic acids is 2. The Bertz CT molecular complexity index is 700. The lowest BCUT2D eigenvalue weighted by atomic mass is 10.2. The first-order valence-corrected chi connectivity index (χ1v) is 7.22. The Morgan fingerprint density at radius 2 is 1.75 bits per heavy atom. The highest BCUT2D eigenvalue weighted by Gasteiger charge is 2.07. The zero-order valence-corrected chi connectivity index (χ0v) is 13.1. The van der Waals surface area contributed by atoms with Crippen LogP contribution in [0, 0.1) is 0 Å². The van der Waals surface area contributed by atoms with Gasteiger partial charge in [0.25, 0.3) is 0 Å². The van der Waals surface area contributed by atoms with E-state index in [-0.39, 0.29) is 13.2 Å². The number of nitrogens with one attached hydrogen (secondary N) is 2. The molecule has 2 rings (SSSR count). The van der Waals surface area contributed by atoms with Crippen LogP contribution in [0.2, 0.25) is 0 Å². The van der Waals surface area contributed by atoms with Gasteiger partial charge in [0.1, 0.15) is 12.4 Å². The average molecular weight is 330 g/mol. The molecule has 0 bridgehead atoms. The number of esters is 1. The number of amides is 2. The number of hydrogen-bond acceptors (Lipinski definition) is 5. The molecule has 0 heterocycles. The smallest absolute Gasteiger partial charge is 0.337 e. The van der Waals surface area contributed by atoms with Crippen molar-refractivity contribution in [1.82, 2.24) is 0 Å². The van der Waals surface area contributed by atoms with Crippen molar-refractivity contribution < 1.29 is 24.2 Å². The molecular weight excluding hydrogens is 312 g/mol. The number of aliphatic hydroxyl groups is 1. The normalized spacial score (nSPS) is 9.92. The molecule has 0 radical (unpaired) electrons. The van der Waals surface area contributed by atoms with Gasteiger partial charge >= 0.3 is 12.0 Å². The number of aliphatic hydroxyl groups excluding tert-OH is 1. The monoisotopic (exact) mass is 330 g/mol. The summed E-state index contributed by atoms with van der Waals surface area (Å²) >= 11 is 0. The van der Waals surface area contributed by atoms with Crippen LogP contribution >= 0.6 is 0 Å². The molecule has 3 N–H and O–H groups in total. The third-order valence-electron chi connectivity index (χ3n) is 3.02. The molecule has 2 amide bonds. The number of anilines is 2. The summed E-state index contributed by atoms with van der Waals surface area (Å²) in [5, 5.41) is 14.1. The first-order chi connectivity index (χ1) is 11.6. The first-order valence-electron chi connectivity index (χ1n) is 7.22. The number of methoxy groups -OCH3 is 1. The molecule has 0 spiro atoms. The van der Waals surface area contributed by atoms with Gasteiger partial charge in [0.2, 0.25) is 0 Å². The molecule has 7 heteroatoms. The highest BCUT2D eigenvalue weighted by atomic mass is 16.5. The van der Waals surface area contributed by atoms with Crippen LogP contribution in [0.5, 0.6) is 5.75 Å². The van der Waals surface area contributed by atoms with Crippen LogP contribution in [-0.4, -0.2) is 37.4 Å². The van der Waals surface area contributed by atoms with Crippen LogP contribution in [-0.2, 0) is 4.74 Å². The van der Waals surface area contributed by atoms with E-state index in [9.17, 15) is 9.59 Å². The van der Waals surface area contributed by atoms with E-state index in [0.717, 1.165) is 0 Å². The van der Waals surface area contributed by atoms with Crippen molar-refractivity contribution in [3.8, 4) is 5.75 Å². The molecule has 0 aromatic heterocycles. The Morgan fingerprint density at radius 1 is 1.04 bits per heavy atom. The van der Waals surface area contributed by atoms with Gasteiger partial charge in [-0.05, 0) is 36.4 Å². The van der Waals surface area contributed by atoms with Gasteiger partial charge in [-0.2, -0.15) is 0 Å². The van der Waals surface area contributed by atoms with E-state index >= 15 is 0 Å². The molecule has 0 fully saturated rings. The summed E-state index contributed by atoms with van der Waals surface area (Å²) < 4.78 is 9.89. The Balaban J connectivity index is 1.94. The molecule has 0 aliphatic heterocycles. The SMILES string of the molecule is COC(=O)c1ccc(NC(=O)Nc2cccc(OCCO)c2)cc1. The minimum Gasteiger partial charge on any atom is -0.491 e. The molecule has 0 aliphatic carbocycles. The summed E-state index contributed by atoms with van der Waals surface area (Å²) in [5.41, 5.74) is 1.49. The van der Waals surface area contributed by atoms with Crippen LogP contribution in [0.1, 0.15) is 10.4 Å². The maximum atomic E-state index is 12.0. The second-order valence-electron chi connectivity index (χ2n) is 4.75. The fourth-order valence-electron chi connectivity index (χ4n) is 1.93. The molecule has 7 nitrogen and oxygen atoms in total. The number of carbonyl (C=O) groups is 2. The molecule has 0 saturated heterocycles. The Morgan fingerprint density at radius 3 is 2.42 bits per heavy atom. The number of ether oxygens (including phenoxy) is 2. The van der Waals surface area contributed by atoms with Gasteiger partial charge in [-0.1, -0.05) is 6.07 Å². The standard InChI is InChI=1S/C17H18N2O5/c1-23-16(21)12-5-7-13(8-6-12)18-17(22)19-14-3-2-4-15(11-14)24-10-9-20/h2-8,11,20H,9-10H2,1H3,(H2,18,19,22). The largest absolute Gasteiger partial charge is 0.491 e. The summed E-state index contributed by atoms with van der Waals surface area (Å²) in [6.45, 7) is 0.0991. The number of rotatable bonds is 6. The Hall–Kier alpha value is -3.06. The van der Waals surface area contributed by atoms with Gasteiger partial charge in [-0.15, -0.1) is 0 Å². The minimum atomic E-state index is -0.439. The van der Waals surface area contributed by atoms with Crippen molar-refractivity contribution in [2.75, 3.05) is 31.0 Å². The number of hydrogen-bond donors (Lipinski definition) is 3. The fourth-order valence-corrected chi connectivity index (χ4v) is 1.93. The van der Waals surface area contributed by atoms with E-state index in [4.69, 9.17) is 9.84 Å². The van der Waals surface area contributed by atoms with E-state index in [1.165, 1.54) is 7.11 Å². The zero-order chi connectivity index (χ0) is 17.4. The summed E-state index contributed by atoms with van der Waals surface area (Å²) in [5.74, 6) is 0.106. The van der Waals surface area contributed by atoms with Crippen molar-refractivity contribution in [2.45, 2.75) is 0 Å². The molecule has 0 atom stereocenters. The van der Waals surface area contributed by atoms with E-state index in [1.807, 2.05) is 0 Å². The van der Waals surface area contributed by atoms with Gasteiger partial charge in [0.05, 0.1) is 19.3 Å². The lowest BCUT2D eigenvalue weighted by molar-refractivity contribution is 0.0600. The summed E-state index contributed by atoms with van der Waals surface area (Å²) in [6, 6.07) is 12.7. The second kappa shape index (κ2) is 8.54. The number of urea groups is 1. The summed E-state index contributed by atoms with van der Waals surface area (Å²) in [4.78, 5) is 23.3. The maximum absolute atomic E-state index is 12.0. The van der Waals surface area contributed by atoms with Gasteiger partial charge in [-0.25, -0.2) is 9.59 Å². The van der Waals surface area contributed by atoms with Crippen molar-refractivity contribution in [3.05, 3.63) is 54.1 Å². The molecule has 126 valence electrons. The Kier molecular flexibility index (Phi) is 6.16. The molecule has 2 aromatic carbocycles. The molecule has 0 unspecified atom stereocenters. The third-order valence-corrected chi connectivity index (χ3v) is 3.02. The Labute approximate surface area is 139 Å². The number of benzene rings is 2. The van der Waals surface area contributed by atoms with Gasteiger partial charge in [-0.3, -0.25) is 0 Å². The average Bonchev–Trinajstić information content (AvgIpc) is 2.60. The molecular formula is C17H18N2O5. The molecule has 24 heavy (non-hydrogen) atoms. The molecule has 2 aromatic rings. The van der Waals surface area contributed by atoms with Crippen LogP contribution in [0.3, 0.4) is 0 Å². The van der Waals surface area contributed by atoms with Crippen LogP contribution in [0.15, 0.2) is 48.5 Å². The van der Waals surface area contributed by atoms with Gasteiger partial charge < -0.3 is 25.2 Å². The van der Waals surface area contributed by atoms with E-state index in [1.54, 1.807) is 48.5 Å². The predicted molar refractivity (Wildman–Crippen MR) is 89.4 cm³/mol. The zero-order valence-electron chi connectivity index (χ0n) is 13.1. The summed E-state index contributed by atoms with van der Waals surface area (Å²) in [6.07, 6.45) is 0. The highest BCUT2D eigenvalue weighted by Crippen LogP contribution is 2.18. The lowest BCUT2D eigenvalue weighted by Gasteiger charge is -2.10. The predicted octanol–water partition coefficient (Wildman–Crippen LogP) is 2.49. The van der Waals surface area contributed by atoms with E-state index in [2.05, 4.69) is 15.4 Å². The van der Waals surface area contributed by atoms with Crippen molar-refractivity contribution in [3.63, 3.8) is 0 Å². The minimum absolute atomic E-state index is 0.0836. The van der Waals surface area contributed by atoms with E-state index < -0.39 is 12.0 Å². The van der Waals surface area contributed by atoms with Crippen molar-refractivity contribution >= 4 is 23.4 Å². The third kappa shape index (κ3) is 4.99. The van der Waals surface area contributed by atoms with Gasteiger partial charge in [0.15, 0.2) is 0 Å².